The second-order valence-corrected chi connectivity index (χ2v) is 5.95. The van der Waals surface area contributed by atoms with E-state index in [1.807, 2.05) is 19.3 Å². The smallest absolute Gasteiger partial charge is 0.131 e. The number of aromatic nitrogens is 2. The minimum absolute atomic E-state index is 0.578. The number of unbranched alkanes of at least 4 members (excludes halogenated alkanes) is 1. The first-order valence-electron chi connectivity index (χ1n) is 8.22. The molecule has 0 saturated heterocycles. The van der Waals surface area contributed by atoms with Crippen LogP contribution < -0.4 is 0 Å². The van der Waals surface area contributed by atoms with Crippen LogP contribution >= 0.6 is 0 Å². The first kappa shape index (κ1) is 15.4. The molecule has 0 unspecified atom stereocenters. The van der Waals surface area contributed by atoms with Crippen molar-refractivity contribution in [3.05, 3.63) is 23.8 Å². The van der Waals surface area contributed by atoms with E-state index < -0.39 is 0 Å². The molecule has 1 aliphatic carbocycles. The lowest BCUT2D eigenvalue weighted by molar-refractivity contribution is 0.133. The molecular weight excluding hydrogens is 248 g/mol. The minimum atomic E-state index is 0.578. The average Bonchev–Trinajstić information content (AvgIpc) is 2.52. The Morgan fingerprint density at radius 1 is 1.10 bits per heavy atom. The largest absolute Gasteiger partial charge is 0.377 e. The van der Waals surface area contributed by atoms with E-state index in [0.717, 1.165) is 23.9 Å². The molecule has 1 aliphatic rings. The summed E-state index contributed by atoms with van der Waals surface area (Å²) < 4.78 is 5.38. The Kier molecular flexibility index (Phi) is 6.44. The van der Waals surface area contributed by atoms with E-state index in [1.165, 1.54) is 44.9 Å². The van der Waals surface area contributed by atoms with E-state index >= 15 is 0 Å². The Morgan fingerprint density at radius 2 is 1.80 bits per heavy atom. The Balaban J connectivity index is 1.81. The van der Waals surface area contributed by atoms with Gasteiger partial charge in [0.05, 0.1) is 6.61 Å². The van der Waals surface area contributed by atoms with Gasteiger partial charge in [0, 0.05) is 30.5 Å². The molecule has 0 bridgehead atoms. The lowest BCUT2D eigenvalue weighted by Gasteiger charge is -2.27. The summed E-state index contributed by atoms with van der Waals surface area (Å²) in [6, 6.07) is 0. The molecule has 112 valence electrons. The van der Waals surface area contributed by atoms with Crippen molar-refractivity contribution >= 4 is 0 Å². The summed E-state index contributed by atoms with van der Waals surface area (Å²) in [4.78, 5) is 9.10. The maximum Gasteiger partial charge on any atom is 0.131 e. The van der Waals surface area contributed by atoms with Gasteiger partial charge >= 0.3 is 0 Å². The van der Waals surface area contributed by atoms with Crippen LogP contribution in [0.3, 0.4) is 0 Å². The zero-order chi connectivity index (χ0) is 14.2. The molecule has 1 heterocycles. The highest BCUT2D eigenvalue weighted by Crippen LogP contribution is 2.36. The molecule has 1 fully saturated rings. The van der Waals surface area contributed by atoms with Crippen LogP contribution in [-0.4, -0.2) is 16.6 Å². The van der Waals surface area contributed by atoms with Crippen LogP contribution in [-0.2, 0) is 11.3 Å². The SMILES string of the molecule is CCCCC1CCC(c2ncc(COCC)cn2)CC1. The van der Waals surface area contributed by atoms with Crippen LogP contribution in [0.4, 0.5) is 0 Å². The zero-order valence-corrected chi connectivity index (χ0v) is 13.0. The molecule has 0 atom stereocenters. The van der Waals surface area contributed by atoms with E-state index in [0.29, 0.717) is 12.5 Å². The molecule has 3 nitrogen and oxygen atoms in total. The summed E-state index contributed by atoms with van der Waals surface area (Å²) in [7, 11) is 0. The molecule has 0 amide bonds. The molecule has 1 saturated carbocycles. The van der Waals surface area contributed by atoms with Gasteiger partial charge in [-0.05, 0) is 38.5 Å². The second kappa shape index (κ2) is 8.35. The van der Waals surface area contributed by atoms with E-state index in [1.54, 1.807) is 0 Å². The number of ether oxygens (including phenoxy) is 1. The number of nitrogens with zero attached hydrogens (tertiary/aromatic N) is 2. The van der Waals surface area contributed by atoms with Gasteiger partial charge in [-0.1, -0.05) is 26.2 Å². The van der Waals surface area contributed by atoms with Gasteiger partial charge in [0.1, 0.15) is 5.82 Å². The highest BCUT2D eigenvalue weighted by atomic mass is 16.5. The van der Waals surface area contributed by atoms with E-state index in [-0.39, 0.29) is 0 Å². The van der Waals surface area contributed by atoms with Crippen LogP contribution in [0.15, 0.2) is 12.4 Å². The molecule has 0 spiro atoms. The van der Waals surface area contributed by atoms with Crippen molar-refractivity contribution in [3.8, 4) is 0 Å². The third-order valence-corrected chi connectivity index (χ3v) is 4.38. The van der Waals surface area contributed by atoms with Crippen LogP contribution in [0.2, 0.25) is 0 Å². The summed E-state index contributed by atoms with van der Waals surface area (Å²) in [6.07, 6.45) is 13.2. The molecule has 20 heavy (non-hydrogen) atoms. The predicted octanol–water partition coefficient (Wildman–Crippen LogP) is 4.48. The van der Waals surface area contributed by atoms with Crippen molar-refractivity contribution in [1.29, 1.82) is 0 Å². The van der Waals surface area contributed by atoms with Crippen LogP contribution in [0.5, 0.6) is 0 Å². The standard InChI is InChI=1S/C17H28N2O/c1-3-5-6-14-7-9-16(10-8-14)17-18-11-15(12-19-17)13-20-4-2/h11-12,14,16H,3-10,13H2,1-2H3. The van der Waals surface area contributed by atoms with Gasteiger partial charge < -0.3 is 4.74 Å². The van der Waals surface area contributed by atoms with Crippen molar-refractivity contribution in [3.63, 3.8) is 0 Å². The fourth-order valence-corrected chi connectivity index (χ4v) is 3.07. The fraction of sp³-hybridized carbons (Fsp3) is 0.765. The van der Waals surface area contributed by atoms with E-state index in [4.69, 9.17) is 4.74 Å². The lowest BCUT2D eigenvalue weighted by Crippen LogP contribution is -2.15. The molecule has 2 rings (SSSR count). The summed E-state index contributed by atoms with van der Waals surface area (Å²) >= 11 is 0. The number of rotatable bonds is 7. The molecular formula is C17H28N2O. The first-order valence-corrected chi connectivity index (χ1v) is 8.22. The van der Waals surface area contributed by atoms with Crippen molar-refractivity contribution in [1.82, 2.24) is 9.97 Å². The lowest BCUT2D eigenvalue weighted by atomic mass is 9.79. The quantitative estimate of drug-likeness (QED) is 0.736. The van der Waals surface area contributed by atoms with Crippen molar-refractivity contribution in [2.45, 2.75) is 71.3 Å². The minimum Gasteiger partial charge on any atom is -0.377 e. The van der Waals surface area contributed by atoms with Crippen molar-refractivity contribution < 1.29 is 4.74 Å². The Hall–Kier alpha value is -0.960. The third kappa shape index (κ3) is 4.55. The van der Waals surface area contributed by atoms with Gasteiger partial charge in [0.2, 0.25) is 0 Å². The summed E-state index contributed by atoms with van der Waals surface area (Å²) in [6.45, 7) is 5.65. The maximum atomic E-state index is 5.38. The van der Waals surface area contributed by atoms with E-state index in [2.05, 4.69) is 16.9 Å². The van der Waals surface area contributed by atoms with Gasteiger partial charge in [-0.25, -0.2) is 9.97 Å². The van der Waals surface area contributed by atoms with E-state index in [9.17, 15) is 0 Å². The number of hydrogen-bond acceptors (Lipinski definition) is 3. The summed E-state index contributed by atoms with van der Waals surface area (Å²) in [5, 5.41) is 0. The maximum absolute atomic E-state index is 5.38. The van der Waals surface area contributed by atoms with Crippen LogP contribution in [0.1, 0.15) is 76.1 Å². The third-order valence-electron chi connectivity index (χ3n) is 4.38. The van der Waals surface area contributed by atoms with Gasteiger partial charge in [0.25, 0.3) is 0 Å². The summed E-state index contributed by atoms with van der Waals surface area (Å²) in [5.41, 5.74) is 1.08. The molecule has 3 heteroatoms. The topological polar surface area (TPSA) is 35.0 Å². The monoisotopic (exact) mass is 276 g/mol. The Labute approximate surface area is 123 Å². The molecule has 0 aliphatic heterocycles. The molecule has 1 aromatic rings. The Morgan fingerprint density at radius 3 is 2.40 bits per heavy atom. The van der Waals surface area contributed by atoms with Crippen molar-refractivity contribution in [2.24, 2.45) is 5.92 Å². The van der Waals surface area contributed by atoms with Crippen LogP contribution in [0, 0.1) is 5.92 Å². The highest BCUT2D eigenvalue weighted by Gasteiger charge is 2.23. The predicted molar refractivity (Wildman–Crippen MR) is 81.6 cm³/mol. The molecule has 0 N–H and O–H groups in total. The molecule has 1 aromatic heterocycles. The van der Waals surface area contributed by atoms with Crippen molar-refractivity contribution in [2.75, 3.05) is 6.61 Å². The number of hydrogen-bond donors (Lipinski definition) is 0. The average molecular weight is 276 g/mol. The second-order valence-electron chi connectivity index (χ2n) is 5.95. The molecule has 0 aromatic carbocycles. The van der Waals surface area contributed by atoms with Gasteiger partial charge in [-0.2, -0.15) is 0 Å². The van der Waals surface area contributed by atoms with Gasteiger partial charge in [0.15, 0.2) is 0 Å². The first-order chi connectivity index (χ1) is 9.83. The van der Waals surface area contributed by atoms with Crippen LogP contribution in [0.25, 0.3) is 0 Å². The fourth-order valence-electron chi connectivity index (χ4n) is 3.07. The molecule has 0 radical (unpaired) electrons. The van der Waals surface area contributed by atoms with Gasteiger partial charge in [-0.3, -0.25) is 0 Å². The summed E-state index contributed by atoms with van der Waals surface area (Å²) in [5.74, 6) is 2.57. The van der Waals surface area contributed by atoms with Gasteiger partial charge in [-0.15, -0.1) is 0 Å². The normalized spacial score (nSPS) is 22.9. The Bertz CT molecular complexity index is 369. The zero-order valence-electron chi connectivity index (χ0n) is 13.0. The highest BCUT2D eigenvalue weighted by molar-refractivity contribution is 5.07.